The van der Waals surface area contributed by atoms with E-state index in [2.05, 4.69) is 43.8 Å². The number of hydrogen-bond donors (Lipinski definition) is 1. The van der Waals surface area contributed by atoms with Gasteiger partial charge in [0, 0.05) is 20.6 Å². The minimum Gasteiger partial charge on any atom is -0.484 e. The van der Waals surface area contributed by atoms with Crippen LogP contribution in [-0.2, 0) is 16.1 Å². The third-order valence-electron chi connectivity index (χ3n) is 4.61. The SMILES string of the molecule is CC[C@@H](C)NC(=O)[C@H](C)N(Cc1ccc(Br)cc1)C(=O)COc1ccc(I)cc1. The van der Waals surface area contributed by atoms with Crippen molar-refractivity contribution < 1.29 is 14.3 Å². The molecule has 0 saturated carbocycles. The molecule has 0 heterocycles. The highest BCUT2D eigenvalue weighted by Crippen LogP contribution is 2.16. The molecule has 2 aromatic carbocycles. The van der Waals surface area contributed by atoms with E-state index in [0.29, 0.717) is 12.3 Å². The summed E-state index contributed by atoms with van der Waals surface area (Å²) in [5.41, 5.74) is 0.944. The molecule has 0 bridgehead atoms. The van der Waals surface area contributed by atoms with Crippen LogP contribution in [0.2, 0.25) is 0 Å². The number of ether oxygens (including phenoxy) is 1. The Morgan fingerprint density at radius 3 is 2.31 bits per heavy atom. The maximum Gasteiger partial charge on any atom is 0.261 e. The molecule has 0 aromatic heterocycles. The van der Waals surface area contributed by atoms with Gasteiger partial charge in [-0.15, -0.1) is 0 Å². The molecule has 2 amide bonds. The summed E-state index contributed by atoms with van der Waals surface area (Å²) in [6, 6.07) is 14.6. The van der Waals surface area contributed by atoms with E-state index in [1.807, 2.05) is 62.4 Å². The number of nitrogens with zero attached hydrogens (tertiary/aromatic N) is 1. The first-order valence-corrected chi connectivity index (χ1v) is 11.4. The van der Waals surface area contributed by atoms with Gasteiger partial charge in [0.15, 0.2) is 6.61 Å². The Balaban J connectivity index is 2.13. The van der Waals surface area contributed by atoms with Crippen molar-refractivity contribution in [2.24, 2.45) is 0 Å². The summed E-state index contributed by atoms with van der Waals surface area (Å²) in [5, 5.41) is 2.96. The first-order valence-electron chi connectivity index (χ1n) is 9.52. The van der Waals surface area contributed by atoms with E-state index in [4.69, 9.17) is 4.74 Å². The number of rotatable bonds is 9. The van der Waals surface area contributed by atoms with Gasteiger partial charge in [-0.3, -0.25) is 9.59 Å². The minimum absolute atomic E-state index is 0.0534. The molecule has 0 fully saturated rings. The van der Waals surface area contributed by atoms with Gasteiger partial charge in [0.25, 0.3) is 5.91 Å². The smallest absolute Gasteiger partial charge is 0.261 e. The van der Waals surface area contributed by atoms with E-state index in [1.165, 1.54) is 0 Å². The number of benzene rings is 2. The van der Waals surface area contributed by atoms with Gasteiger partial charge in [0.1, 0.15) is 11.8 Å². The van der Waals surface area contributed by atoms with Gasteiger partial charge < -0.3 is 15.0 Å². The molecule has 2 atom stereocenters. The van der Waals surface area contributed by atoms with Crippen molar-refractivity contribution >= 4 is 50.3 Å². The van der Waals surface area contributed by atoms with Crippen LogP contribution in [0.3, 0.4) is 0 Å². The molecule has 1 N–H and O–H groups in total. The lowest BCUT2D eigenvalue weighted by Gasteiger charge is -2.29. The number of hydrogen-bond acceptors (Lipinski definition) is 3. The highest BCUT2D eigenvalue weighted by molar-refractivity contribution is 14.1. The average Bonchev–Trinajstić information content (AvgIpc) is 2.72. The summed E-state index contributed by atoms with van der Waals surface area (Å²) in [5.74, 6) is 0.219. The molecule has 0 radical (unpaired) electrons. The van der Waals surface area contributed by atoms with E-state index in [9.17, 15) is 9.59 Å². The van der Waals surface area contributed by atoms with Crippen molar-refractivity contribution in [2.75, 3.05) is 6.61 Å². The number of carbonyl (C=O) groups is 2. The molecule has 0 aliphatic heterocycles. The molecule has 2 aromatic rings. The molecule has 0 saturated heterocycles. The quantitative estimate of drug-likeness (QED) is 0.441. The molecule has 0 unspecified atom stereocenters. The first kappa shape index (κ1) is 23.7. The van der Waals surface area contributed by atoms with E-state index >= 15 is 0 Å². The van der Waals surface area contributed by atoms with Crippen molar-refractivity contribution in [2.45, 2.75) is 45.8 Å². The number of halogens is 2. The minimum atomic E-state index is -0.611. The molecular formula is C22H26BrIN2O3. The zero-order valence-corrected chi connectivity index (χ0v) is 20.6. The first-order chi connectivity index (χ1) is 13.8. The van der Waals surface area contributed by atoms with Gasteiger partial charge in [-0.25, -0.2) is 0 Å². The number of carbonyl (C=O) groups excluding carboxylic acids is 2. The van der Waals surface area contributed by atoms with E-state index in [0.717, 1.165) is 20.0 Å². The topological polar surface area (TPSA) is 58.6 Å². The normalized spacial score (nSPS) is 12.7. The zero-order chi connectivity index (χ0) is 21.4. The van der Waals surface area contributed by atoms with E-state index < -0.39 is 6.04 Å². The molecule has 5 nitrogen and oxygen atoms in total. The summed E-state index contributed by atoms with van der Waals surface area (Å²) in [6.07, 6.45) is 0.828. The van der Waals surface area contributed by atoms with Crippen LogP contribution in [0.5, 0.6) is 5.75 Å². The Kier molecular flexibility index (Phi) is 9.42. The van der Waals surface area contributed by atoms with Crippen molar-refractivity contribution in [3.05, 3.63) is 62.1 Å². The van der Waals surface area contributed by atoms with Gasteiger partial charge in [-0.1, -0.05) is 35.0 Å². The summed E-state index contributed by atoms with van der Waals surface area (Å²) in [7, 11) is 0. The van der Waals surface area contributed by atoms with Gasteiger partial charge >= 0.3 is 0 Å². The van der Waals surface area contributed by atoms with Gasteiger partial charge in [-0.2, -0.15) is 0 Å². The molecule has 156 valence electrons. The summed E-state index contributed by atoms with van der Waals surface area (Å²) < 4.78 is 7.71. The van der Waals surface area contributed by atoms with Crippen molar-refractivity contribution in [1.29, 1.82) is 0 Å². The standard InChI is InChI=1S/C22H26BrIN2O3/c1-4-15(2)25-22(28)16(3)26(13-17-5-7-18(23)8-6-17)21(27)14-29-20-11-9-19(24)10-12-20/h5-12,15-16H,4,13-14H2,1-3H3,(H,25,28)/t15-,16+/m1/s1. The van der Waals surface area contributed by atoms with Crippen molar-refractivity contribution in [3.63, 3.8) is 0 Å². The second-order valence-corrected chi connectivity index (χ2v) is 9.05. The van der Waals surface area contributed by atoms with Crippen LogP contribution in [0.15, 0.2) is 53.0 Å². The second-order valence-electron chi connectivity index (χ2n) is 6.88. The third kappa shape index (κ3) is 7.62. The summed E-state index contributed by atoms with van der Waals surface area (Å²) >= 11 is 5.63. The van der Waals surface area contributed by atoms with Crippen LogP contribution < -0.4 is 10.1 Å². The Hall–Kier alpha value is -1.61. The van der Waals surface area contributed by atoms with E-state index in [1.54, 1.807) is 11.8 Å². The molecular weight excluding hydrogens is 547 g/mol. The fraction of sp³-hybridized carbons (Fsp3) is 0.364. The lowest BCUT2D eigenvalue weighted by atomic mass is 10.1. The monoisotopic (exact) mass is 572 g/mol. The van der Waals surface area contributed by atoms with Crippen LogP contribution in [0.4, 0.5) is 0 Å². The Morgan fingerprint density at radius 2 is 1.72 bits per heavy atom. The lowest BCUT2D eigenvalue weighted by molar-refractivity contribution is -0.142. The molecule has 29 heavy (non-hydrogen) atoms. The maximum absolute atomic E-state index is 13.0. The third-order valence-corrected chi connectivity index (χ3v) is 5.86. The molecule has 0 spiro atoms. The Morgan fingerprint density at radius 1 is 1.10 bits per heavy atom. The van der Waals surface area contributed by atoms with Crippen LogP contribution in [0.25, 0.3) is 0 Å². The van der Waals surface area contributed by atoms with Crippen molar-refractivity contribution in [1.82, 2.24) is 10.2 Å². The highest BCUT2D eigenvalue weighted by atomic mass is 127. The maximum atomic E-state index is 13.0. The Labute approximate surface area is 194 Å². The van der Waals surface area contributed by atoms with Crippen LogP contribution >= 0.6 is 38.5 Å². The molecule has 0 aliphatic rings. The average molecular weight is 573 g/mol. The molecule has 7 heteroatoms. The largest absolute Gasteiger partial charge is 0.484 e. The van der Waals surface area contributed by atoms with E-state index in [-0.39, 0.29) is 24.5 Å². The van der Waals surface area contributed by atoms with Crippen molar-refractivity contribution in [3.8, 4) is 5.75 Å². The van der Waals surface area contributed by atoms with Gasteiger partial charge in [0.05, 0.1) is 0 Å². The van der Waals surface area contributed by atoms with Crippen LogP contribution in [-0.4, -0.2) is 35.4 Å². The Bertz CT molecular complexity index is 812. The summed E-state index contributed by atoms with van der Waals surface area (Å²) in [6.45, 7) is 5.91. The van der Waals surface area contributed by atoms with Crippen LogP contribution in [0.1, 0.15) is 32.8 Å². The number of amides is 2. The predicted molar refractivity (Wildman–Crippen MR) is 127 cm³/mol. The van der Waals surface area contributed by atoms with Gasteiger partial charge in [-0.05, 0) is 84.8 Å². The molecule has 0 aliphatic carbocycles. The fourth-order valence-corrected chi connectivity index (χ4v) is 3.22. The molecule has 2 rings (SSSR count). The zero-order valence-electron chi connectivity index (χ0n) is 16.8. The van der Waals surface area contributed by atoms with Gasteiger partial charge in [0.2, 0.25) is 5.91 Å². The number of nitrogens with one attached hydrogen (secondary N) is 1. The second kappa shape index (κ2) is 11.5. The summed E-state index contributed by atoms with van der Waals surface area (Å²) in [4.78, 5) is 27.2. The lowest BCUT2D eigenvalue weighted by Crippen LogP contribution is -2.50. The highest BCUT2D eigenvalue weighted by Gasteiger charge is 2.27. The predicted octanol–water partition coefficient (Wildman–Crippen LogP) is 4.76. The van der Waals surface area contributed by atoms with Crippen LogP contribution in [0, 0.1) is 3.57 Å². The fourth-order valence-electron chi connectivity index (χ4n) is 2.59.